The second-order valence-electron chi connectivity index (χ2n) is 3.91. The second kappa shape index (κ2) is 3.40. The molecule has 14 heavy (non-hydrogen) atoms. The van der Waals surface area contributed by atoms with Crippen molar-refractivity contribution in [2.75, 3.05) is 0 Å². The zero-order chi connectivity index (χ0) is 10.2. The fourth-order valence-corrected chi connectivity index (χ4v) is 5.11. The number of hydrogen-bond donors (Lipinski definition) is 0. The summed E-state index contributed by atoms with van der Waals surface area (Å²) in [7, 11) is -2.22. The average molecular weight is 206 g/mol. The van der Waals surface area contributed by atoms with Crippen molar-refractivity contribution in [3.63, 3.8) is 0 Å². The van der Waals surface area contributed by atoms with Crippen molar-refractivity contribution >= 4 is 12.4 Å². The molecule has 0 bridgehead atoms. The van der Waals surface area contributed by atoms with E-state index in [0.29, 0.717) is 0 Å². The van der Waals surface area contributed by atoms with E-state index in [1.807, 2.05) is 44.2 Å². The molecule has 0 spiro atoms. The average Bonchev–Trinajstić information content (AvgIpc) is 2.49. The van der Waals surface area contributed by atoms with Crippen LogP contribution < -0.4 is 5.30 Å². The van der Waals surface area contributed by atoms with E-state index in [1.165, 1.54) is 0 Å². The van der Waals surface area contributed by atoms with E-state index < -0.39 is 7.14 Å². The summed E-state index contributed by atoms with van der Waals surface area (Å²) in [5, 5.41) is 1.02. The molecule has 0 fully saturated rings. The van der Waals surface area contributed by atoms with Gasteiger partial charge in [-0.2, -0.15) is 0 Å². The van der Waals surface area contributed by atoms with E-state index in [0.717, 1.165) is 5.30 Å². The number of hydrogen-bond acceptors (Lipinski definition) is 1. The van der Waals surface area contributed by atoms with E-state index in [2.05, 4.69) is 12.2 Å². The Morgan fingerprint density at radius 1 is 1.00 bits per heavy atom. The van der Waals surface area contributed by atoms with E-state index in [9.17, 15) is 4.57 Å². The first kappa shape index (κ1) is 9.73. The lowest BCUT2D eigenvalue weighted by Gasteiger charge is -2.21. The van der Waals surface area contributed by atoms with Crippen LogP contribution in [0.1, 0.15) is 13.8 Å². The maximum absolute atomic E-state index is 12.8. The van der Waals surface area contributed by atoms with Crippen LogP contribution in [0.3, 0.4) is 0 Å². The summed E-state index contributed by atoms with van der Waals surface area (Å²) in [4.78, 5) is 0. The van der Waals surface area contributed by atoms with Gasteiger partial charge in [0.1, 0.15) is 7.14 Å². The zero-order valence-corrected chi connectivity index (χ0v) is 9.45. The van der Waals surface area contributed by atoms with Crippen molar-refractivity contribution < 1.29 is 4.57 Å². The Morgan fingerprint density at radius 2 is 1.50 bits per heavy atom. The van der Waals surface area contributed by atoms with Gasteiger partial charge in [-0.3, -0.25) is 0 Å². The van der Waals surface area contributed by atoms with E-state index in [-0.39, 0.29) is 11.3 Å². The standard InChI is InChI=1S/C12H15OP/c1-10-8-9-11(2)14(10,13)12-6-4-3-5-7-12/h3-11H,1-2H3/t10-,11+,14?. The fraction of sp³-hybridized carbons (Fsp3) is 0.333. The quantitative estimate of drug-likeness (QED) is 0.510. The van der Waals surface area contributed by atoms with Gasteiger partial charge in [0.15, 0.2) is 0 Å². The van der Waals surface area contributed by atoms with Gasteiger partial charge >= 0.3 is 0 Å². The SMILES string of the molecule is C[C@@H]1C=C[C@H](C)P1(=O)c1ccccc1. The Labute approximate surface area is 85.2 Å². The van der Waals surface area contributed by atoms with E-state index in [4.69, 9.17) is 0 Å². The predicted octanol–water partition coefficient (Wildman–Crippen LogP) is 3.02. The molecule has 2 heteroatoms. The van der Waals surface area contributed by atoms with Crippen molar-refractivity contribution in [1.29, 1.82) is 0 Å². The normalized spacial score (nSPS) is 36.1. The van der Waals surface area contributed by atoms with Crippen LogP contribution in [-0.2, 0) is 4.57 Å². The van der Waals surface area contributed by atoms with Gasteiger partial charge in [0, 0.05) is 16.6 Å². The van der Waals surface area contributed by atoms with Gasteiger partial charge in [-0.15, -0.1) is 0 Å². The molecule has 1 aliphatic heterocycles. The van der Waals surface area contributed by atoms with Gasteiger partial charge in [0.2, 0.25) is 0 Å². The molecule has 0 saturated carbocycles. The molecule has 0 N–H and O–H groups in total. The smallest absolute Gasteiger partial charge is 0.128 e. The maximum atomic E-state index is 12.8. The second-order valence-corrected chi connectivity index (χ2v) is 7.48. The molecule has 1 aromatic carbocycles. The summed E-state index contributed by atoms with van der Waals surface area (Å²) in [6, 6.07) is 9.87. The highest BCUT2D eigenvalue weighted by Gasteiger charge is 2.38. The van der Waals surface area contributed by atoms with Gasteiger partial charge in [0.05, 0.1) is 0 Å². The van der Waals surface area contributed by atoms with Gasteiger partial charge in [-0.25, -0.2) is 0 Å². The third-order valence-electron chi connectivity index (χ3n) is 3.04. The van der Waals surface area contributed by atoms with Crippen LogP contribution in [-0.4, -0.2) is 11.3 Å². The highest BCUT2D eigenvalue weighted by atomic mass is 31.2. The molecule has 0 radical (unpaired) electrons. The molecule has 74 valence electrons. The summed E-state index contributed by atoms with van der Waals surface area (Å²) >= 11 is 0. The number of rotatable bonds is 1. The van der Waals surface area contributed by atoms with Gasteiger partial charge in [0.25, 0.3) is 0 Å². The highest BCUT2D eigenvalue weighted by molar-refractivity contribution is 7.73. The molecule has 1 unspecified atom stereocenters. The lowest BCUT2D eigenvalue weighted by Crippen LogP contribution is -2.16. The molecular weight excluding hydrogens is 191 g/mol. The minimum absolute atomic E-state index is 0.194. The van der Waals surface area contributed by atoms with E-state index >= 15 is 0 Å². The van der Waals surface area contributed by atoms with Crippen molar-refractivity contribution in [3.05, 3.63) is 42.5 Å². The van der Waals surface area contributed by atoms with Crippen LogP contribution >= 0.6 is 7.14 Å². The molecule has 1 nitrogen and oxygen atoms in total. The molecule has 0 amide bonds. The van der Waals surface area contributed by atoms with Crippen LogP contribution in [0.25, 0.3) is 0 Å². The Hall–Kier alpha value is -0.810. The predicted molar refractivity (Wildman–Crippen MR) is 61.7 cm³/mol. The highest BCUT2D eigenvalue weighted by Crippen LogP contribution is 2.58. The Bertz CT molecular complexity index is 378. The topological polar surface area (TPSA) is 17.1 Å². The van der Waals surface area contributed by atoms with Crippen molar-refractivity contribution in [2.24, 2.45) is 0 Å². The first-order chi connectivity index (χ1) is 6.65. The number of benzene rings is 1. The molecule has 0 aliphatic carbocycles. The molecule has 3 atom stereocenters. The molecule has 2 rings (SSSR count). The van der Waals surface area contributed by atoms with Crippen molar-refractivity contribution in [1.82, 2.24) is 0 Å². The molecule has 1 heterocycles. The Morgan fingerprint density at radius 3 is 2.00 bits per heavy atom. The molecule has 1 aliphatic rings. The molecule has 0 aromatic heterocycles. The maximum Gasteiger partial charge on any atom is 0.128 e. The fourth-order valence-electron chi connectivity index (χ4n) is 2.08. The van der Waals surface area contributed by atoms with E-state index in [1.54, 1.807) is 0 Å². The lowest BCUT2D eigenvalue weighted by molar-refractivity contribution is 0.576. The van der Waals surface area contributed by atoms with Crippen LogP contribution in [0, 0.1) is 0 Å². The zero-order valence-electron chi connectivity index (χ0n) is 8.55. The van der Waals surface area contributed by atoms with Crippen molar-refractivity contribution in [3.8, 4) is 0 Å². The molecular formula is C12H15OP. The summed E-state index contributed by atoms with van der Waals surface area (Å²) in [6.45, 7) is 4.10. The first-order valence-corrected chi connectivity index (χ1v) is 6.83. The van der Waals surface area contributed by atoms with Gasteiger partial charge in [-0.05, 0) is 0 Å². The molecule has 1 aromatic rings. The van der Waals surface area contributed by atoms with Gasteiger partial charge in [-0.1, -0.05) is 56.3 Å². The van der Waals surface area contributed by atoms with Crippen LogP contribution in [0.2, 0.25) is 0 Å². The largest absolute Gasteiger partial charge is 0.317 e. The minimum atomic E-state index is -2.22. The van der Waals surface area contributed by atoms with Crippen LogP contribution in [0.4, 0.5) is 0 Å². The van der Waals surface area contributed by atoms with Crippen LogP contribution in [0.15, 0.2) is 42.5 Å². The summed E-state index contributed by atoms with van der Waals surface area (Å²) in [5.41, 5.74) is 0.389. The van der Waals surface area contributed by atoms with Gasteiger partial charge < -0.3 is 4.57 Å². The third kappa shape index (κ3) is 1.27. The van der Waals surface area contributed by atoms with Crippen molar-refractivity contribution in [2.45, 2.75) is 25.2 Å². The Balaban J connectivity index is 2.48. The Kier molecular flexibility index (Phi) is 2.36. The monoisotopic (exact) mass is 206 g/mol. The first-order valence-electron chi connectivity index (χ1n) is 4.99. The molecule has 0 saturated heterocycles. The third-order valence-corrected chi connectivity index (χ3v) is 6.91. The summed E-state index contributed by atoms with van der Waals surface area (Å²) in [5.74, 6) is 0. The summed E-state index contributed by atoms with van der Waals surface area (Å²) < 4.78 is 12.8. The minimum Gasteiger partial charge on any atom is -0.317 e. The van der Waals surface area contributed by atoms with Crippen LogP contribution in [0.5, 0.6) is 0 Å². The number of allylic oxidation sites excluding steroid dienone is 2. The lowest BCUT2D eigenvalue weighted by atomic mass is 10.4. The summed E-state index contributed by atoms with van der Waals surface area (Å²) in [6.07, 6.45) is 4.16.